The van der Waals surface area contributed by atoms with E-state index in [2.05, 4.69) is 4.99 Å². The van der Waals surface area contributed by atoms with Crippen molar-refractivity contribution in [2.45, 2.75) is 0 Å². The maximum absolute atomic E-state index is 13.4. The first-order valence-corrected chi connectivity index (χ1v) is 4.61. The van der Waals surface area contributed by atoms with Crippen molar-refractivity contribution in [1.82, 2.24) is 0 Å². The SMILES string of the molecule is CN=C(N)/C=C(\N)c1ccc(OC)c(F)c1. The summed E-state index contributed by atoms with van der Waals surface area (Å²) >= 11 is 0. The van der Waals surface area contributed by atoms with Crippen LogP contribution in [0.1, 0.15) is 5.56 Å². The largest absolute Gasteiger partial charge is 0.494 e. The van der Waals surface area contributed by atoms with Crippen molar-refractivity contribution in [3.8, 4) is 5.75 Å². The first-order chi connectivity index (χ1) is 7.58. The van der Waals surface area contributed by atoms with Gasteiger partial charge in [0, 0.05) is 24.4 Å². The zero-order valence-electron chi connectivity index (χ0n) is 9.20. The normalized spacial score (nSPS) is 12.7. The Bertz CT molecular complexity index is 441. The van der Waals surface area contributed by atoms with E-state index in [0.29, 0.717) is 11.3 Å². The van der Waals surface area contributed by atoms with Gasteiger partial charge in [0.15, 0.2) is 11.6 Å². The molecule has 0 amide bonds. The summed E-state index contributed by atoms with van der Waals surface area (Å²) < 4.78 is 18.2. The first-order valence-electron chi connectivity index (χ1n) is 4.61. The highest BCUT2D eigenvalue weighted by atomic mass is 19.1. The molecule has 1 aromatic carbocycles. The number of nitrogens with two attached hydrogens (primary N) is 2. The van der Waals surface area contributed by atoms with Gasteiger partial charge in [-0.15, -0.1) is 0 Å². The summed E-state index contributed by atoms with van der Waals surface area (Å²) in [5.74, 6) is -0.00855. The molecular formula is C11H14FN3O. The number of benzene rings is 1. The number of ether oxygens (including phenoxy) is 1. The number of halogens is 1. The smallest absolute Gasteiger partial charge is 0.165 e. The van der Waals surface area contributed by atoms with E-state index in [9.17, 15) is 4.39 Å². The van der Waals surface area contributed by atoms with Crippen LogP contribution in [0.3, 0.4) is 0 Å². The summed E-state index contributed by atoms with van der Waals surface area (Å²) in [4.78, 5) is 3.73. The fourth-order valence-electron chi connectivity index (χ4n) is 1.15. The zero-order chi connectivity index (χ0) is 12.1. The maximum atomic E-state index is 13.4. The standard InChI is InChI=1S/C11H14FN3O/c1-15-11(14)6-9(13)7-3-4-10(16-2)8(12)5-7/h3-6H,13H2,1-2H3,(H2,14,15)/b9-6-. The van der Waals surface area contributed by atoms with Gasteiger partial charge in [0.2, 0.25) is 0 Å². The molecular weight excluding hydrogens is 209 g/mol. The predicted molar refractivity (Wildman–Crippen MR) is 62.7 cm³/mol. The molecule has 16 heavy (non-hydrogen) atoms. The van der Waals surface area contributed by atoms with Gasteiger partial charge >= 0.3 is 0 Å². The van der Waals surface area contributed by atoms with Crippen molar-refractivity contribution >= 4 is 11.5 Å². The lowest BCUT2D eigenvalue weighted by Crippen LogP contribution is -2.10. The van der Waals surface area contributed by atoms with E-state index >= 15 is 0 Å². The second-order valence-electron chi connectivity index (χ2n) is 3.10. The molecule has 0 spiro atoms. The maximum Gasteiger partial charge on any atom is 0.165 e. The highest BCUT2D eigenvalue weighted by Gasteiger charge is 2.05. The van der Waals surface area contributed by atoms with Crippen LogP contribution in [-0.2, 0) is 0 Å². The fraction of sp³-hybridized carbons (Fsp3) is 0.182. The van der Waals surface area contributed by atoms with Gasteiger partial charge in [0.05, 0.1) is 7.11 Å². The third kappa shape index (κ3) is 2.73. The third-order valence-electron chi connectivity index (χ3n) is 2.05. The Hall–Kier alpha value is -2.04. The summed E-state index contributed by atoms with van der Waals surface area (Å²) in [5, 5.41) is 0. The van der Waals surface area contributed by atoms with Gasteiger partial charge in [-0.1, -0.05) is 0 Å². The Morgan fingerprint density at radius 3 is 2.62 bits per heavy atom. The van der Waals surface area contributed by atoms with E-state index in [0.717, 1.165) is 0 Å². The van der Waals surface area contributed by atoms with Gasteiger partial charge in [-0.05, 0) is 18.2 Å². The molecule has 0 heterocycles. The van der Waals surface area contributed by atoms with Crippen molar-refractivity contribution in [2.24, 2.45) is 16.5 Å². The van der Waals surface area contributed by atoms with Crippen molar-refractivity contribution in [1.29, 1.82) is 0 Å². The molecule has 86 valence electrons. The lowest BCUT2D eigenvalue weighted by Gasteiger charge is -2.05. The average molecular weight is 223 g/mol. The molecule has 0 atom stereocenters. The molecule has 0 aliphatic rings. The van der Waals surface area contributed by atoms with Crippen LogP contribution in [0.25, 0.3) is 5.70 Å². The van der Waals surface area contributed by atoms with E-state index < -0.39 is 5.82 Å². The van der Waals surface area contributed by atoms with Crippen LogP contribution >= 0.6 is 0 Å². The number of hydrogen-bond acceptors (Lipinski definition) is 3. The van der Waals surface area contributed by atoms with Gasteiger partial charge in [-0.25, -0.2) is 4.39 Å². The quantitative estimate of drug-likeness (QED) is 0.595. The zero-order valence-corrected chi connectivity index (χ0v) is 9.20. The number of aliphatic imine (C=N–C) groups is 1. The van der Waals surface area contributed by atoms with Crippen LogP contribution in [0.15, 0.2) is 29.3 Å². The summed E-state index contributed by atoms with van der Waals surface area (Å²) in [7, 11) is 2.95. The molecule has 0 fully saturated rings. The van der Waals surface area contributed by atoms with Crippen molar-refractivity contribution in [3.05, 3.63) is 35.7 Å². The van der Waals surface area contributed by atoms with Crippen LogP contribution in [0.2, 0.25) is 0 Å². The second-order valence-corrected chi connectivity index (χ2v) is 3.10. The molecule has 0 bridgehead atoms. The van der Waals surface area contributed by atoms with Crippen LogP contribution in [-0.4, -0.2) is 20.0 Å². The summed E-state index contributed by atoms with van der Waals surface area (Å²) in [6.45, 7) is 0. The Kier molecular flexibility index (Phi) is 3.88. The van der Waals surface area contributed by atoms with Crippen LogP contribution in [0.4, 0.5) is 4.39 Å². The van der Waals surface area contributed by atoms with Crippen LogP contribution in [0, 0.1) is 5.82 Å². The lowest BCUT2D eigenvalue weighted by atomic mass is 10.1. The van der Waals surface area contributed by atoms with Gasteiger partial charge in [0.25, 0.3) is 0 Å². The Balaban J connectivity index is 3.06. The summed E-state index contributed by atoms with van der Waals surface area (Å²) in [5.41, 5.74) is 12.1. The second kappa shape index (κ2) is 5.16. The minimum Gasteiger partial charge on any atom is -0.494 e. The van der Waals surface area contributed by atoms with E-state index in [-0.39, 0.29) is 11.6 Å². The molecule has 0 saturated carbocycles. The number of methoxy groups -OCH3 is 1. The molecule has 0 aromatic heterocycles. The van der Waals surface area contributed by atoms with Crippen molar-refractivity contribution in [2.75, 3.05) is 14.2 Å². The summed E-state index contributed by atoms with van der Waals surface area (Å²) in [6, 6.07) is 4.44. The van der Waals surface area contributed by atoms with Gasteiger partial charge in [-0.2, -0.15) is 0 Å². The number of amidine groups is 1. The van der Waals surface area contributed by atoms with E-state index in [1.165, 1.54) is 25.3 Å². The molecule has 1 rings (SSSR count). The molecule has 0 radical (unpaired) electrons. The van der Waals surface area contributed by atoms with Crippen LogP contribution < -0.4 is 16.2 Å². The van der Waals surface area contributed by atoms with Crippen molar-refractivity contribution in [3.63, 3.8) is 0 Å². The number of hydrogen-bond donors (Lipinski definition) is 2. The molecule has 0 aliphatic carbocycles. The first kappa shape index (κ1) is 12.0. The number of rotatable bonds is 3. The molecule has 0 saturated heterocycles. The molecule has 0 aliphatic heterocycles. The minimum atomic E-state index is -0.469. The molecule has 4 nitrogen and oxygen atoms in total. The van der Waals surface area contributed by atoms with E-state index in [1.807, 2.05) is 0 Å². The third-order valence-corrected chi connectivity index (χ3v) is 2.05. The van der Waals surface area contributed by atoms with Gasteiger partial charge in [-0.3, -0.25) is 4.99 Å². The fourth-order valence-corrected chi connectivity index (χ4v) is 1.15. The van der Waals surface area contributed by atoms with Crippen LogP contribution in [0.5, 0.6) is 5.75 Å². The molecule has 5 heteroatoms. The monoisotopic (exact) mass is 223 g/mol. The highest BCUT2D eigenvalue weighted by molar-refractivity contribution is 5.97. The number of nitrogens with zero attached hydrogens (tertiary/aromatic N) is 1. The predicted octanol–water partition coefficient (Wildman–Crippen LogP) is 1.12. The Morgan fingerprint density at radius 2 is 2.12 bits per heavy atom. The lowest BCUT2D eigenvalue weighted by molar-refractivity contribution is 0.386. The van der Waals surface area contributed by atoms with Crippen molar-refractivity contribution < 1.29 is 9.13 Å². The summed E-state index contributed by atoms with van der Waals surface area (Å²) in [6.07, 6.45) is 1.47. The average Bonchev–Trinajstić information content (AvgIpc) is 2.28. The highest BCUT2D eigenvalue weighted by Crippen LogP contribution is 2.20. The molecule has 4 N–H and O–H groups in total. The van der Waals surface area contributed by atoms with E-state index in [1.54, 1.807) is 13.1 Å². The topological polar surface area (TPSA) is 73.6 Å². The molecule has 0 unspecified atom stereocenters. The van der Waals surface area contributed by atoms with Gasteiger partial charge < -0.3 is 16.2 Å². The molecule has 1 aromatic rings. The Morgan fingerprint density at radius 1 is 1.44 bits per heavy atom. The Labute approximate surface area is 93.4 Å². The minimum absolute atomic E-state index is 0.175. The van der Waals surface area contributed by atoms with E-state index in [4.69, 9.17) is 16.2 Å². The van der Waals surface area contributed by atoms with Gasteiger partial charge in [0.1, 0.15) is 5.84 Å².